The van der Waals surface area contributed by atoms with Gasteiger partial charge in [0.25, 0.3) is 0 Å². The maximum Gasteiger partial charge on any atom is 0.1000 e. The second kappa shape index (κ2) is 4.26. The van der Waals surface area contributed by atoms with Gasteiger partial charge in [-0.25, -0.2) is 8.51 Å². The molecule has 0 radical (unpaired) electrons. The molecular weight excluding hydrogens is 218 g/mol. The molecule has 3 heteroatoms. The zero-order valence-corrected chi connectivity index (χ0v) is 11.4. The van der Waals surface area contributed by atoms with E-state index in [2.05, 4.69) is 31.7 Å². The van der Waals surface area contributed by atoms with Gasteiger partial charge in [0.15, 0.2) is 0 Å². The highest BCUT2D eigenvalue weighted by molar-refractivity contribution is 7.84. The van der Waals surface area contributed by atoms with Crippen LogP contribution in [0.1, 0.15) is 40.0 Å². The molecule has 0 N–H and O–H groups in total. The first-order valence-corrected chi connectivity index (χ1v) is 7.35. The fraction of sp³-hybridized carbons (Fsp3) is 0.846. The molecule has 1 heterocycles. The molecule has 1 saturated carbocycles. The van der Waals surface area contributed by atoms with Crippen molar-refractivity contribution in [2.24, 2.45) is 11.8 Å². The van der Waals surface area contributed by atoms with E-state index in [-0.39, 0.29) is 4.75 Å². The normalized spacial score (nSPS) is 33.2. The molecule has 0 spiro atoms. The minimum atomic E-state index is -0.831. The van der Waals surface area contributed by atoms with Crippen molar-refractivity contribution < 1.29 is 4.21 Å². The predicted molar refractivity (Wildman–Crippen MR) is 69.4 cm³/mol. The smallest absolute Gasteiger partial charge is 0.1000 e. The highest BCUT2D eigenvalue weighted by atomic mass is 32.2. The van der Waals surface area contributed by atoms with Crippen LogP contribution in [-0.2, 0) is 11.0 Å². The molecule has 1 aliphatic heterocycles. The van der Waals surface area contributed by atoms with Gasteiger partial charge in [-0.2, -0.15) is 0 Å². The molecule has 0 aromatic heterocycles. The molecule has 2 nitrogen and oxygen atoms in total. The quantitative estimate of drug-likeness (QED) is 0.693. The Balaban J connectivity index is 2.02. The molecule has 3 atom stereocenters. The van der Waals surface area contributed by atoms with Crippen molar-refractivity contribution in [3.8, 4) is 0 Å². The maximum absolute atomic E-state index is 12.4. The second-order valence-corrected chi connectivity index (χ2v) is 8.27. The van der Waals surface area contributed by atoms with Crippen LogP contribution in [0.2, 0.25) is 0 Å². The fourth-order valence-corrected chi connectivity index (χ4v) is 4.17. The molecule has 0 aromatic rings. The average molecular weight is 241 g/mol. The van der Waals surface area contributed by atoms with E-state index in [0.29, 0.717) is 12.0 Å². The van der Waals surface area contributed by atoms with Crippen molar-refractivity contribution >= 4 is 11.0 Å². The SMILES string of the molecule is C=CC[C@H]1CN([S@@](=O)C(C)(C)C)[C@H]1C1CC1. The summed E-state index contributed by atoms with van der Waals surface area (Å²) >= 11 is 0. The van der Waals surface area contributed by atoms with Crippen LogP contribution in [0.25, 0.3) is 0 Å². The van der Waals surface area contributed by atoms with Crippen molar-refractivity contribution in [2.45, 2.75) is 50.8 Å². The second-order valence-electron chi connectivity index (χ2n) is 6.07. The van der Waals surface area contributed by atoms with Crippen LogP contribution in [0.5, 0.6) is 0 Å². The van der Waals surface area contributed by atoms with Gasteiger partial charge in [0.2, 0.25) is 0 Å². The first-order chi connectivity index (χ1) is 7.45. The van der Waals surface area contributed by atoms with Crippen LogP contribution in [0.4, 0.5) is 0 Å². The molecular formula is C13H23NOS. The Hall–Kier alpha value is -0.150. The summed E-state index contributed by atoms with van der Waals surface area (Å²) in [4.78, 5) is 0. The van der Waals surface area contributed by atoms with Crippen LogP contribution in [0, 0.1) is 11.8 Å². The summed E-state index contributed by atoms with van der Waals surface area (Å²) in [5, 5.41) is 0. The van der Waals surface area contributed by atoms with E-state index >= 15 is 0 Å². The van der Waals surface area contributed by atoms with Gasteiger partial charge in [0.1, 0.15) is 0 Å². The van der Waals surface area contributed by atoms with Crippen molar-refractivity contribution in [1.29, 1.82) is 0 Å². The van der Waals surface area contributed by atoms with Crippen LogP contribution in [0.15, 0.2) is 12.7 Å². The molecule has 2 aliphatic rings. The third-order valence-electron chi connectivity index (χ3n) is 3.54. The molecule has 0 amide bonds. The van der Waals surface area contributed by atoms with E-state index < -0.39 is 11.0 Å². The van der Waals surface area contributed by atoms with Gasteiger partial charge in [-0.1, -0.05) is 6.08 Å². The monoisotopic (exact) mass is 241 g/mol. The standard InChI is InChI=1S/C13H23NOS/c1-5-6-11-9-14(12(11)10-7-8-10)16(15)13(2,3)4/h5,10-12H,1,6-9H2,2-4H3/t11-,12-,16-/m0/s1. The first kappa shape index (κ1) is 12.3. The minimum absolute atomic E-state index is 0.119. The Morgan fingerprint density at radius 2 is 2.06 bits per heavy atom. The van der Waals surface area contributed by atoms with Crippen LogP contribution in [0.3, 0.4) is 0 Å². The summed E-state index contributed by atoms with van der Waals surface area (Å²) < 4.78 is 14.5. The van der Waals surface area contributed by atoms with E-state index in [4.69, 9.17) is 0 Å². The Morgan fingerprint density at radius 3 is 2.50 bits per heavy atom. The van der Waals surface area contributed by atoms with Crippen LogP contribution in [-0.4, -0.2) is 25.8 Å². The molecule has 92 valence electrons. The number of hydrogen-bond acceptors (Lipinski definition) is 1. The van der Waals surface area contributed by atoms with Gasteiger partial charge in [-0.05, 0) is 51.9 Å². The lowest BCUT2D eigenvalue weighted by atomic mass is 9.85. The molecule has 2 fully saturated rings. The first-order valence-electron chi connectivity index (χ1n) is 6.24. The third-order valence-corrected chi connectivity index (χ3v) is 5.41. The van der Waals surface area contributed by atoms with Crippen molar-refractivity contribution in [2.75, 3.05) is 6.54 Å². The van der Waals surface area contributed by atoms with E-state index in [1.165, 1.54) is 12.8 Å². The Kier molecular flexibility index (Phi) is 3.28. The molecule has 0 unspecified atom stereocenters. The summed E-state index contributed by atoms with van der Waals surface area (Å²) in [6, 6.07) is 0.568. The Bertz CT molecular complexity index is 304. The van der Waals surface area contributed by atoms with Crippen molar-refractivity contribution in [1.82, 2.24) is 4.31 Å². The topological polar surface area (TPSA) is 20.3 Å². The number of hydrogen-bond donors (Lipinski definition) is 0. The van der Waals surface area contributed by atoms with E-state index in [0.717, 1.165) is 18.9 Å². The summed E-state index contributed by atoms with van der Waals surface area (Å²) in [6.45, 7) is 11.0. The summed E-state index contributed by atoms with van der Waals surface area (Å²) in [5.41, 5.74) is 0. The van der Waals surface area contributed by atoms with E-state index in [1.807, 2.05) is 6.08 Å². The predicted octanol–water partition coefficient (Wildman–Crippen LogP) is 2.74. The number of rotatable bonds is 4. The molecule has 0 bridgehead atoms. The summed E-state index contributed by atoms with van der Waals surface area (Å²) in [6.07, 6.45) is 5.75. The van der Waals surface area contributed by atoms with Crippen LogP contribution < -0.4 is 0 Å². The van der Waals surface area contributed by atoms with Gasteiger partial charge >= 0.3 is 0 Å². The molecule has 2 rings (SSSR count). The molecule has 1 aliphatic carbocycles. The largest absolute Gasteiger partial charge is 0.242 e. The highest BCUT2D eigenvalue weighted by Gasteiger charge is 2.50. The van der Waals surface area contributed by atoms with Gasteiger partial charge in [0, 0.05) is 12.6 Å². The fourth-order valence-electron chi connectivity index (χ4n) is 2.57. The van der Waals surface area contributed by atoms with Gasteiger partial charge in [0.05, 0.1) is 15.7 Å². The Labute approximate surface area is 102 Å². The number of allylic oxidation sites excluding steroid dienone is 1. The summed E-state index contributed by atoms with van der Waals surface area (Å²) in [7, 11) is -0.831. The lowest BCUT2D eigenvalue weighted by Gasteiger charge is -2.49. The molecule has 1 saturated heterocycles. The van der Waals surface area contributed by atoms with E-state index in [9.17, 15) is 4.21 Å². The Morgan fingerprint density at radius 1 is 1.44 bits per heavy atom. The van der Waals surface area contributed by atoms with E-state index in [1.54, 1.807) is 0 Å². The molecule has 0 aromatic carbocycles. The zero-order chi connectivity index (χ0) is 11.9. The van der Waals surface area contributed by atoms with Gasteiger partial charge < -0.3 is 0 Å². The maximum atomic E-state index is 12.4. The highest BCUT2D eigenvalue weighted by Crippen LogP contribution is 2.46. The average Bonchev–Trinajstić information content (AvgIpc) is 2.93. The minimum Gasteiger partial charge on any atom is -0.242 e. The van der Waals surface area contributed by atoms with Crippen LogP contribution >= 0.6 is 0 Å². The van der Waals surface area contributed by atoms with Gasteiger partial charge in [-0.15, -0.1) is 6.58 Å². The third kappa shape index (κ3) is 2.25. The van der Waals surface area contributed by atoms with Crippen molar-refractivity contribution in [3.63, 3.8) is 0 Å². The molecule has 16 heavy (non-hydrogen) atoms. The van der Waals surface area contributed by atoms with Gasteiger partial charge in [-0.3, -0.25) is 0 Å². The lowest BCUT2D eigenvalue weighted by Crippen LogP contribution is -2.60. The zero-order valence-electron chi connectivity index (χ0n) is 10.6. The lowest BCUT2D eigenvalue weighted by molar-refractivity contribution is 0.0887. The summed E-state index contributed by atoms with van der Waals surface area (Å²) in [5.74, 6) is 1.52. The van der Waals surface area contributed by atoms with Crippen molar-refractivity contribution in [3.05, 3.63) is 12.7 Å². The number of nitrogens with zero attached hydrogens (tertiary/aromatic N) is 1.